The van der Waals surface area contributed by atoms with E-state index in [1.54, 1.807) is 0 Å². The SMILES string of the molecule is Cc1ccc(C)n1-c1ccc2[nH]cc(C[C@H]3CCCN3C(=O)OC(C)(C)C)c2c1. The summed E-state index contributed by atoms with van der Waals surface area (Å²) >= 11 is 0. The molecule has 3 aromatic rings. The molecule has 0 unspecified atom stereocenters. The molecule has 5 heteroatoms. The summed E-state index contributed by atoms with van der Waals surface area (Å²) in [4.78, 5) is 18.0. The summed E-state index contributed by atoms with van der Waals surface area (Å²) in [5.74, 6) is 0. The van der Waals surface area contributed by atoms with Gasteiger partial charge in [0.05, 0.1) is 0 Å². The second-order valence-electron chi connectivity index (χ2n) is 9.17. The lowest BCUT2D eigenvalue weighted by atomic mass is 10.0. The standard InChI is InChI=1S/C24H31N3O2/c1-16-8-9-17(2)27(16)20-10-11-22-21(14-20)18(15-25-22)13-19-7-6-12-26(19)23(28)29-24(3,4)5/h8-11,14-15,19,25H,6-7,12-13H2,1-5H3/t19-/m1/s1. The second kappa shape index (κ2) is 7.29. The van der Waals surface area contributed by atoms with Crippen molar-refractivity contribution in [1.29, 1.82) is 0 Å². The lowest BCUT2D eigenvalue weighted by Crippen LogP contribution is -2.40. The van der Waals surface area contributed by atoms with Crippen molar-refractivity contribution in [1.82, 2.24) is 14.5 Å². The van der Waals surface area contributed by atoms with Crippen molar-refractivity contribution in [2.45, 2.75) is 65.5 Å². The molecule has 1 aliphatic rings. The lowest BCUT2D eigenvalue weighted by molar-refractivity contribution is 0.0227. The first kappa shape index (κ1) is 19.6. The minimum atomic E-state index is -0.466. The molecular weight excluding hydrogens is 362 g/mol. The second-order valence-corrected chi connectivity index (χ2v) is 9.17. The molecule has 0 saturated carbocycles. The number of aryl methyl sites for hydroxylation is 2. The number of ether oxygens (including phenoxy) is 1. The number of hydrogen-bond donors (Lipinski definition) is 1. The third kappa shape index (κ3) is 3.91. The Morgan fingerprint density at radius 3 is 2.59 bits per heavy atom. The van der Waals surface area contributed by atoms with E-state index in [0.29, 0.717) is 0 Å². The minimum absolute atomic E-state index is 0.183. The van der Waals surface area contributed by atoms with Gasteiger partial charge in [-0.2, -0.15) is 0 Å². The van der Waals surface area contributed by atoms with Gasteiger partial charge >= 0.3 is 6.09 Å². The van der Waals surface area contributed by atoms with Gasteiger partial charge < -0.3 is 19.2 Å². The number of carbonyl (C=O) groups excluding carboxylic acids is 1. The Kier molecular flexibility index (Phi) is 4.93. The van der Waals surface area contributed by atoms with E-state index in [4.69, 9.17) is 4.74 Å². The Hall–Kier alpha value is -2.69. The maximum atomic E-state index is 12.6. The van der Waals surface area contributed by atoms with Gasteiger partial charge in [-0.3, -0.25) is 0 Å². The van der Waals surface area contributed by atoms with E-state index in [2.05, 4.69) is 59.9 Å². The molecule has 4 rings (SSSR count). The number of carbonyl (C=O) groups is 1. The molecule has 154 valence electrons. The Morgan fingerprint density at radius 2 is 1.90 bits per heavy atom. The molecule has 0 spiro atoms. The largest absolute Gasteiger partial charge is 0.444 e. The lowest BCUT2D eigenvalue weighted by Gasteiger charge is -2.28. The quantitative estimate of drug-likeness (QED) is 0.637. The van der Waals surface area contributed by atoms with E-state index in [1.807, 2.05) is 25.7 Å². The van der Waals surface area contributed by atoms with Crippen LogP contribution >= 0.6 is 0 Å². The van der Waals surface area contributed by atoms with Gasteiger partial charge in [0.25, 0.3) is 0 Å². The van der Waals surface area contributed by atoms with E-state index in [1.165, 1.54) is 28.0 Å². The maximum Gasteiger partial charge on any atom is 0.410 e. The van der Waals surface area contributed by atoms with Crippen LogP contribution < -0.4 is 0 Å². The van der Waals surface area contributed by atoms with Crippen molar-refractivity contribution in [3.63, 3.8) is 0 Å². The zero-order chi connectivity index (χ0) is 20.8. The fraction of sp³-hybridized carbons (Fsp3) is 0.458. The smallest absolute Gasteiger partial charge is 0.410 e. The van der Waals surface area contributed by atoms with Crippen molar-refractivity contribution < 1.29 is 9.53 Å². The van der Waals surface area contributed by atoms with Crippen molar-refractivity contribution >= 4 is 17.0 Å². The number of rotatable bonds is 3. The third-order valence-corrected chi connectivity index (χ3v) is 5.74. The molecule has 1 fully saturated rings. The highest BCUT2D eigenvalue weighted by Crippen LogP contribution is 2.29. The number of likely N-dealkylation sites (tertiary alicyclic amines) is 1. The number of aromatic amines is 1. The van der Waals surface area contributed by atoms with Gasteiger partial charge in [0.1, 0.15) is 5.60 Å². The van der Waals surface area contributed by atoms with Crippen molar-refractivity contribution in [3.05, 3.63) is 53.5 Å². The number of fused-ring (bicyclic) bond motifs is 1. The molecule has 1 aromatic carbocycles. The molecule has 5 nitrogen and oxygen atoms in total. The summed E-state index contributed by atoms with van der Waals surface area (Å²) in [7, 11) is 0. The number of H-pyrrole nitrogens is 1. The van der Waals surface area contributed by atoms with Crippen LogP contribution in [0.15, 0.2) is 36.5 Å². The van der Waals surface area contributed by atoms with Gasteiger partial charge in [-0.1, -0.05) is 0 Å². The zero-order valence-corrected chi connectivity index (χ0v) is 18.1. The molecule has 1 amide bonds. The highest BCUT2D eigenvalue weighted by Gasteiger charge is 2.32. The summed E-state index contributed by atoms with van der Waals surface area (Å²) in [6.07, 6.45) is 4.78. The topological polar surface area (TPSA) is 50.3 Å². The van der Waals surface area contributed by atoms with Gasteiger partial charge in [0.2, 0.25) is 0 Å². The van der Waals surface area contributed by atoms with E-state index in [0.717, 1.165) is 31.3 Å². The Morgan fingerprint density at radius 1 is 1.17 bits per heavy atom. The predicted molar refractivity (Wildman–Crippen MR) is 117 cm³/mol. The number of nitrogens with one attached hydrogen (secondary N) is 1. The molecule has 0 bridgehead atoms. The van der Waals surface area contributed by atoms with E-state index >= 15 is 0 Å². The molecule has 29 heavy (non-hydrogen) atoms. The number of amides is 1. The summed E-state index contributed by atoms with van der Waals surface area (Å²) in [6, 6.07) is 11.0. The first-order valence-corrected chi connectivity index (χ1v) is 10.5. The Labute approximate surface area is 172 Å². The molecule has 1 saturated heterocycles. The Bertz CT molecular complexity index is 1020. The molecule has 2 aromatic heterocycles. The molecule has 1 N–H and O–H groups in total. The molecule has 1 atom stereocenters. The predicted octanol–water partition coefficient (Wildman–Crippen LogP) is 5.52. The molecule has 0 radical (unpaired) electrons. The van der Waals surface area contributed by atoms with Crippen LogP contribution in [-0.4, -0.2) is 38.7 Å². The Balaban J connectivity index is 1.61. The van der Waals surface area contributed by atoms with Crippen LogP contribution in [0.1, 0.15) is 50.6 Å². The highest BCUT2D eigenvalue weighted by molar-refractivity contribution is 5.85. The highest BCUT2D eigenvalue weighted by atomic mass is 16.6. The molecule has 1 aliphatic heterocycles. The first-order valence-electron chi connectivity index (χ1n) is 10.5. The molecule has 3 heterocycles. The van der Waals surface area contributed by atoms with Crippen LogP contribution in [-0.2, 0) is 11.2 Å². The summed E-state index contributed by atoms with van der Waals surface area (Å²) in [5, 5.41) is 1.23. The van der Waals surface area contributed by atoms with Crippen LogP contribution in [0, 0.1) is 13.8 Å². The fourth-order valence-corrected chi connectivity index (χ4v) is 4.41. The van der Waals surface area contributed by atoms with Crippen molar-refractivity contribution in [2.24, 2.45) is 0 Å². The molecular formula is C24H31N3O2. The summed E-state index contributed by atoms with van der Waals surface area (Å²) in [6.45, 7) is 10.8. The average molecular weight is 394 g/mol. The minimum Gasteiger partial charge on any atom is -0.444 e. The summed E-state index contributed by atoms with van der Waals surface area (Å²) < 4.78 is 7.91. The van der Waals surface area contributed by atoms with Crippen molar-refractivity contribution in [3.8, 4) is 5.69 Å². The third-order valence-electron chi connectivity index (χ3n) is 5.74. The van der Waals surface area contributed by atoms with Gasteiger partial charge in [-0.05, 0) is 89.8 Å². The normalized spacial score (nSPS) is 17.3. The number of aromatic nitrogens is 2. The van der Waals surface area contributed by atoms with Gasteiger partial charge in [0, 0.05) is 46.8 Å². The maximum absolute atomic E-state index is 12.6. The van der Waals surface area contributed by atoms with Crippen LogP contribution in [0.5, 0.6) is 0 Å². The van der Waals surface area contributed by atoms with E-state index in [9.17, 15) is 4.79 Å². The molecule has 0 aliphatic carbocycles. The van der Waals surface area contributed by atoms with Crippen LogP contribution in [0.3, 0.4) is 0 Å². The van der Waals surface area contributed by atoms with E-state index in [-0.39, 0.29) is 12.1 Å². The van der Waals surface area contributed by atoms with E-state index < -0.39 is 5.60 Å². The number of benzene rings is 1. The van der Waals surface area contributed by atoms with Crippen molar-refractivity contribution in [2.75, 3.05) is 6.54 Å². The summed E-state index contributed by atoms with van der Waals surface area (Å²) in [5.41, 5.74) is 5.55. The van der Waals surface area contributed by atoms with Gasteiger partial charge in [-0.25, -0.2) is 4.79 Å². The average Bonchev–Trinajstić information content (AvgIpc) is 3.34. The monoisotopic (exact) mass is 393 g/mol. The number of hydrogen-bond acceptors (Lipinski definition) is 2. The van der Waals surface area contributed by atoms with Gasteiger partial charge in [-0.15, -0.1) is 0 Å². The number of nitrogens with zero attached hydrogens (tertiary/aromatic N) is 2. The fourth-order valence-electron chi connectivity index (χ4n) is 4.41. The van der Waals surface area contributed by atoms with Crippen LogP contribution in [0.4, 0.5) is 4.79 Å². The first-order chi connectivity index (χ1) is 13.7. The van der Waals surface area contributed by atoms with Crippen LogP contribution in [0.25, 0.3) is 16.6 Å². The van der Waals surface area contributed by atoms with Crippen LogP contribution in [0.2, 0.25) is 0 Å². The van der Waals surface area contributed by atoms with Gasteiger partial charge in [0.15, 0.2) is 0 Å². The zero-order valence-electron chi connectivity index (χ0n) is 18.1.